The summed E-state index contributed by atoms with van der Waals surface area (Å²) in [6.45, 7) is 2.58. The third kappa shape index (κ3) is 4.52. The largest absolute Gasteiger partial charge is 0.465 e. The van der Waals surface area contributed by atoms with Gasteiger partial charge in [-0.1, -0.05) is 40.5 Å². The van der Waals surface area contributed by atoms with E-state index < -0.39 is 0 Å². The van der Waals surface area contributed by atoms with E-state index in [0.29, 0.717) is 15.6 Å². The SMILES string of the molecule is COC(=O)c1ccc(C2=NOC3(CCN(Cc4cc(Br)c(Cl)cc4Cl)CC3)C2)cc1. The highest BCUT2D eigenvalue weighted by Crippen LogP contribution is 2.37. The van der Waals surface area contributed by atoms with Crippen molar-refractivity contribution in [2.75, 3.05) is 20.2 Å². The van der Waals surface area contributed by atoms with Crippen molar-refractivity contribution >= 4 is 50.8 Å². The summed E-state index contributed by atoms with van der Waals surface area (Å²) in [5.41, 5.74) is 3.22. The third-order valence-electron chi connectivity index (χ3n) is 5.73. The Bertz CT molecular complexity index is 987. The lowest BCUT2D eigenvalue weighted by atomic mass is 9.85. The summed E-state index contributed by atoms with van der Waals surface area (Å²) in [4.78, 5) is 19.9. The number of hydrogen-bond acceptors (Lipinski definition) is 5. The Hall–Kier alpha value is -1.60. The van der Waals surface area contributed by atoms with Gasteiger partial charge in [0.2, 0.25) is 0 Å². The maximum Gasteiger partial charge on any atom is 0.337 e. The number of nitrogens with zero attached hydrogens (tertiary/aromatic N) is 2. The van der Waals surface area contributed by atoms with Gasteiger partial charge in [-0.05, 0) is 51.3 Å². The van der Waals surface area contributed by atoms with E-state index in [1.807, 2.05) is 18.2 Å². The lowest BCUT2D eigenvalue weighted by molar-refractivity contribution is -0.0626. The number of carbonyl (C=O) groups is 1. The molecule has 1 fully saturated rings. The van der Waals surface area contributed by atoms with E-state index in [-0.39, 0.29) is 11.6 Å². The quantitative estimate of drug-likeness (QED) is 0.390. The summed E-state index contributed by atoms with van der Waals surface area (Å²) in [5, 5.41) is 5.66. The molecule has 1 spiro atoms. The van der Waals surface area contributed by atoms with Crippen LogP contribution >= 0.6 is 39.1 Å². The molecule has 4 rings (SSSR count). The van der Waals surface area contributed by atoms with Crippen LogP contribution in [0.25, 0.3) is 0 Å². The van der Waals surface area contributed by atoms with Crippen LogP contribution in [0.15, 0.2) is 46.0 Å². The van der Waals surface area contributed by atoms with Crippen LogP contribution in [0.3, 0.4) is 0 Å². The molecule has 1 saturated heterocycles. The van der Waals surface area contributed by atoms with Crippen molar-refractivity contribution < 1.29 is 14.4 Å². The summed E-state index contributed by atoms with van der Waals surface area (Å²) in [6.07, 6.45) is 2.56. The molecule has 2 aliphatic heterocycles. The summed E-state index contributed by atoms with van der Waals surface area (Å²) < 4.78 is 5.60. The Morgan fingerprint density at radius 2 is 1.90 bits per heavy atom. The number of likely N-dealkylation sites (tertiary alicyclic amines) is 1. The molecule has 2 heterocycles. The average molecular weight is 512 g/mol. The normalized spacial score (nSPS) is 18.2. The summed E-state index contributed by atoms with van der Waals surface area (Å²) in [7, 11) is 1.38. The summed E-state index contributed by atoms with van der Waals surface area (Å²) in [5.74, 6) is -0.345. The van der Waals surface area contributed by atoms with Gasteiger partial charge in [0.05, 0.1) is 23.4 Å². The number of esters is 1. The maximum atomic E-state index is 11.6. The van der Waals surface area contributed by atoms with Crippen molar-refractivity contribution in [1.82, 2.24) is 4.90 Å². The standard InChI is InChI=1S/C22H21BrCl2N2O3/c1-29-21(28)15-4-2-14(3-5-15)20-12-22(30-26-20)6-8-27(9-7-22)13-16-10-17(23)19(25)11-18(16)24/h2-5,10-11H,6-9,12-13H2,1H3. The molecule has 30 heavy (non-hydrogen) atoms. The van der Waals surface area contributed by atoms with Gasteiger partial charge < -0.3 is 9.57 Å². The fourth-order valence-corrected chi connectivity index (χ4v) is 4.74. The first-order valence-electron chi connectivity index (χ1n) is 9.69. The van der Waals surface area contributed by atoms with Crippen LogP contribution in [0.4, 0.5) is 0 Å². The molecule has 158 valence electrons. The summed E-state index contributed by atoms with van der Waals surface area (Å²) in [6, 6.07) is 11.1. The molecule has 0 unspecified atom stereocenters. The van der Waals surface area contributed by atoms with Crippen LogP contribution < -0.4 is 0 Å². The molecule has 5 nitrogen and oxygen atoms in total. The molecule has 0 atom stereocenters. The number of hydrogen-bond donors (Lipinski definition) is 0. The minimum atomic E-state index is -0.345. The number of ether oxygens (including phenoxy) is 1. The van der Waals surface area contributed by atoms with E-state index in [0.717, 1.165) is 60.2 Å². The maximum absolute atomic E-state index is 11.6. The van der Waals surface area contributed by atoms with Crippen LogP contribution in [0.1, 0.15) is 40.7 Å². The molecule has 0 N–H and O–H groups in total. The average Bonchev–Trinajstić information content (AvgIpc) is 3.17. The first kappa shape index (κ1) is 21.6. The zero-order chi connectivity index (χ0) is 21.3. The second kappa shape index (κ2) is 8.87. The lowest BCUT2D eigenvalue weighted by Crippen LogP contribution is -2.44. The molecule has 8 heteroatoms. The predicted molar refractivity (Wildman–Crippen MR) is 121 cm³/mol. The van der Waals surface area contributed by atoms with Crippen molar-refractivity contribution in [1.29, 1.82) is 0 Å². The van der Waals surface area contributed by atoms with E-state index in [1.54, 1.807) is 18.2 Å². The molecule has 0 saturated carbocycles. The van der Waals surface area contributed by atoms with Gasteiger partial charge in [0.15, 0.2) is 0 Å². The van der Waals surface area contributed by atoms with E-state index in [9.17, 15) is 4.79 Å². The van der Waals surface area contributed by atoms with Crippen LogP contribution in [0.2, 0.25) is 10.0 Å². The Labute approximate surface area is 194 Å². The van der Waals surface area contributed by atoms with Gasteiger partial charge in [-0.15, -0.1) is 0 Å². The van der Waals surface area contributed by atoms with Crippen molar-refractivity contribution in [3.63, 3.8) is 0 Å². The molecule has 2 aromatic carbocycles. The second-order valence-corrected chi connectivity index (χ2v) is 9.36. The number of rotatable bonds is 4. The van der Waals surface area contributed by atoms with Crippen LogP contribution in [-0.2, 0) is 16.1 Å². The van der Waals surface area contributed by atoms with Crippen LogP contribution in [-0.4, -0.2) is 42.4 Å². The second-order valence-electron chi connectivity index (χ2n) is 7.69. The smallest absolute Gasteiger partial charge is 0.337 e. The zero-order valence-electron chi connectivity index (χ0n) is 16.5. The summed E-state index contributed by atoms with van der Waals surface area (Å²) >= 11 is 15.9. The third-order valence-corrected chi connectivity index (χ3v) is 7.28. The fraction of sp³-hybridized carbons (Fsp3) is 0.364. The number of benzene rings is 2. The number of methoxy groups -OCH3 is 1. The van der Waals surface area contributed by atoms with Gasteiger partial charge >= 0.3 is 5.97 Å². The van der Waals surface area contributed by atoms with Crippen molar-refractivity contribution in [2.45, 2.75) is 31.4 Å². The first-order valence-corrected chi connectivity index (χ1v) is 11.2. The van der Waals surface area contributed by atoms with Gasteiger partial charge in [0.1, 0.15) is 5.60 Å². The molecule has 2 aromatic rings. The highest BCUT2D eigenvalue weighted by molar-refractivity contribution is 9.10. The van der Waals surface area contributed by atoms with Crippen molar-refractivity contribution in [3.8, 4) is 0 Å². The van der Waals surface area contributed by atoms with Crippen LogP contribution in [0.5, 0.6) is 0 Å². The Morgan fingerprint density at radius 1 is 1.20 bits per heavy atom. The molecule has 0 bridgehead atoms. The van der Waals surface area contributed by atoms with Gasteiger partial charge in [-0.25, -0.2) is 4.79 Å². The van der Waals surface area contributed by atoms with Gasteiger partial charge in [0.25, 0.3) is 0 Å². The van der Waals surface area contributed by atoms with Gasteiger partial charge in [-0.3, -0.25) is 4.90 Å². The van der Waals surface area contributed by atoms with E-state index >= 15 is 0 Å². The van der Waals surface area contributed by atoms with E-state index in [2.05, 4.69) is 26.0 Å². The minimum Gasteiger partial charge on any atom is -0.465 e. The number of carbonyl (C=O) groups excluding carboxylic acids is 1. The Morgan fingerprint density at radius 3 is 2.57 bits per heavy atom. The van der Waals surface area contributed by atoms with Crippen molar-refractivity contribution in [2.24, 2.45) is 5.16 Å². The zero-order valence-corrected chi connectivity index (χ0v) is 19.6. The van der Waals surface area contributed by atoms with E-state index in [1.165, 1.54) is 7.11 Å². The van der Waals surface area contributed by atoms with E-state index in [4.69, 9.17) is 32.8 Å². The lowest BCUT2D eigenvalue weighted by Gasteiger charge is -2.37. The molecular weight excluding hydrogens is 491 g/mol. The molecule has 0 radical (unpaired) electrons. The van der Waals surface area contributed by atoms with Gasteiger partial charge in [-0.2, -0.15) is 0 Å². The first-order chi connectivity index (χ1) is 14.4. The highest BCUT2D eigenvalue weighted by atomic mass is 79.9. The minimum absolute atomic E-state index is 0.253. The molecule has 0 amide bonds. The topological polar surface area (TPSA) is 51.1 Å². The Balaban J connectivity index is 1.36. The number of oxime groups is 1. The highest BCUT2D eigenvalue weighted by Gasteiger charge is 2.42. The molecular formula is C22H21BrCl2N2O3. The Kier molecular flexibility index (Phi) is 6.39. The van der Waals surface area contributed by atoms with Crippen molar-refractivity contribution in [3.05, 3.63) is 67.6 Å². The molecule has 0 aromatic heterocycles. The molecule has 2 aliphatic rings. The number of piperidine rings is 1. The predicted octanol–water partition coefficient (Wildman–Crippen LogP) is 5.70. The fourth-order valence-electron chi connectivity index (χ4n) is 3.91. The number of halogens is 3. The monoisotopic (exact) mass is 510 g/mol. The molecule has 0 aliphatic carbocycles. The van der Waals surface area contributed by atoms with Gasteiger partial charge in [0, 0.05) is 48.4 Å². The van der Waals surface area contributed by atoms with Crippen LogP contribution in [0, 0.1) is 0 Å².